The molecule has 3 atom stereocenters. The number of pyridine rings is 1. The number of methoxy groups -OCH3 is 1. The summed E-state index contributed by atoms with van der Waals surface area (Å²) in [4.78, 5) is 43.9. The molecule has 0 radical (unpaired) electrons. The van der Waals surface area contributed by atoms with Crippen molar-refractivity contribution in [1.82, 2.24) is 25.4 Å². The number of anilines is 1. The fraction of sp³-hybridized carbons (Fsp3) is 0.353. The number of aryl methyl sites for hydroxylation is 1. The van der Waals surface area contributed by atoms with Crippen LogP contribution < -0.4 is 20.7 Å². The highest BCUT2D eigenvalue weighted by Crippen LogP contribution is 2.41. The summed E-state index contributed by atoms with van der Waals surface area (Å²) >= 11 is 0. The lowest BCUT2D eigenvalue weighted by Gasteiger charge is -2.33. The van der Waals surface area contributed by atoms with E-state index in [9.17, 15) is 19.5 Å². The Bertz CT molecular complexity index is 1760. The molecule has 11 nitrogen and oxygen atoms in total. The van der Waals surface area contributed by atoms with E-state index in [0.717, 1.165) is 46.4 Å². The van der Waals surface area contributed by atoms with E-state index in [1.807, 2.05) is 25.1 Å². The third-order valence-electron chi connectivity index (χ3n) is 9.04. The van der Waals surface area contributed by atoms with Crippen molar-refractivity contribution >= 4 is 23.5 Å². The highest BCUT2D eigenvalue weighted by atomic mass is 19.1. The van der Waals surface area contributed by atoms with Gasteiger partial charge in [-0.15, -0.1) is 0 Å². The van der Waals surface area contributed by atoms with Crippen molar-refractivity contribution in [3.63, 3.8) is 0 Å². The average molecular weight is 629 g/mol. The van der Waals surface area contributed by atoms with Crippen LogP contribution in [0, 0.1) is 12.7 Å². The predicted molar refractivity (Wildman–Crippen MR) is 170 cm³/mol. The second-order valence-electron chi connectivity index (χ2n) is 12.0. The number of rotatable bonds is 8. The number of nitrogens with one attached hydrogen (secondary N) is 3. The Balaban J connectivity index is 1.27. The van der Waals surface area contributed by atoms with Gasteiger partial charge in [-0.1, -0.05) is 30.3 Å². The summed E-state index contributed by atoms with van der Waals surface area (Å²) in [6.07, 6.45) is 2.89. The van der Waals surface area contributed by atoms with E-state index in [0.29, 0.717) is 30.1 Å². The van der Waals surface area contributed by atoms with Crippen LogP contribution in [0.15, 0.2) is 54.2 Å². The normalized spacial score (nSPS) is 20.8. The maximum atomic E-state index is 16.0. The SMILES string of the molecule is COc1nc(-c2cccc(-c3cccc(NC(=O)C4=CN(C)C(=O)N(C)C4O)c3F)c2C)cc2c1[C@H](NC[C@@H]1CCC(=O)N1)CC2. The molecule has 3 aliphatic rings. The first kappa shape index (κ1) is 31.2. The first-order valence-corrected chi connectivity index (χ1v) is 15.3. The van der Waals surface area contributed by atoms with Crippen LogP contribution in [0.25, 0.3) is 22.4 Å². The van der Waals surface area contributed by atoms with Crippen molar-refractivity contribution in [3.8, 4) is 28.3 Å². The maximum Gasteiger partial charge on any atom is 0.325 e. The molecule has 12 heteroatoms. The Labute approximate surface area is 266 Å². The quantitative estimate of drug-likeness (QED) is 0.298. The Kier molecular flexibility index (Phi) is 8.49. The molecule has 4 amide bonds. The number of hydrogen-bond donors (Lipinski definition) is 4. The summed E-state index contributed by atoms with van der Waals surface area (Å²) in [5.41, 5.74) is 5.27. The highest BCUT2D eigenvalue weighted by molar-refractivity contribution is 6.06. The summed E-state index contributed by atoms with van der Waals surface area (Å²) in [5, 5.41) is 19.6. The minimum Gasteiger partial charge on any atom is -0.481 e. The molecule has 1 aromatic heterocycles. The van der Waals surface area contributed by atoms with Gasteiger partial charge in [0.1, 0.15) is 0 Å². The zero-order valence-corrected chi connectivity index (χ0v) is 26.2. The number of nitrogens with zero attached hydrogens (tertiary/aromatic N) is 3. The van der Waals surface area contributed by atoms with Gasteiger partial charge in [-0.3, -0.25) is 14.5 Å². The molecule has 1 fully saturated rings. The van der Waals surface area contributed by atoms with Gasteiger partial charge >= 0.3 is 6.03 Å². The summed E-state index contributed by atoms with van der Waals surface area (Å²) in [7, 11) is 4.45. The second-order valence-corrected chi connectivity index (χ2v) is 12.0. The van der Waals surface area contributed by atoms with E-state index in [1.165, 1.54) is 31.3 Å². The van der Waals surface area contributed by atoms with Crippen LogP contribution in [0.1, 0.15) is 42.0 Å². The molecule has 240 valence electrons. The van der Waals surface area contributed by atoms with Gasteiger partial charge in [-0.2, -0.15) is 0 Å². The van der Waals surface area contributed by atoms with Crippen LogP contribution in [-0.4, -0.2) is 77.8 Å². The molecule has 1 saturated heterocycles. The molecule has 6 rings (SSSR count). The predicted octanol–water partition coefficient (Wildman–Crippen LogP) is 3.87. The number of halogens is 1. The number of amides is 4. The fourth-order valence-electron chi connectivity index (χ4n) is 6.52. The molecule has 3 heterocycles. The van der Waals surface area contributed by atoms with Gasteiger partial charge in [-0.05, 0) is 55.0 Å². The average Bonchev–Trinajstić information content (AvgIpc) is 3.66. The summed E-state index contributed by atoms with van der Waals surface area (Å²) in [5.74, 6) is -0.730. The van der Waals surface area contributed by atoms with Crippen molar-refractivity contribution in [1.29, 1.82) is 0 Å². The topological polar surface area (TPSA) is 136 Å². The van der Waals surface area contributed by atoms with Crippen LogP contribution in [0.2, 0.25) is 0 Å². The molecular weight excluding hydrogens is 591 g/mol. The molecule has 46 heavy (non-hydrogen) atoms. The number of urea groups is 1. The van der Waals surface area contributed by atoms with Gasteiger partial charge in [0.15, 0.2) is 12.0 Å². The molecule has 2 aliphatic heterocycles. The molecule has 4 N–H and O–H groups in total. The Morgan fingerprint density at radius 2 is 1.85 bits per heavy atom. The maximum absolute atomic E-state index is 16.0. The van der Waals surface area contributed by atoms with Crippen LogP contribution in [0.5, 0.6) is 5.88 Å². The number of benzene rings is 2. The van der Waals surface area contributed by atoms with Crippen LogP contribution in [0.4, 0.5) is 14.9 Å². The van der Waals surface area contributed by atoms with Gasteiger partial charge < -0.3 is 30.7 Å². The summed E-state index contributed by atoms with van der Waals surface area (Å²) < 4.78 is 21.8. The Morgan fingerprint density at radius 3 is 2.59 bits per heavy atom. The van der Waals surface area contributed by atoms with Crippen LogP contribution in [-0.2, 0) is 16.0 Å². The third kappa shape index (κ3) is 5.69. The number of carbonyl (C=O) groups excluding carboxylic acids is 3. The summed E-state index contributed by atoms with van der Waals surface area (Å²) in [6.45, 7) is 2.59. The van der Waals surface area contributed by atoms with E-state index in [2.05, 4.69) is 22.0 Å². The molecule has 2 aromatic carbocycles. The first-order valence-electron chi connectivity index (χ1n) is 15.3. The molecule has 0 bridgehead atoms. The van der Waals surface area contributed by atoms with Gasteiger partial charge in [0.2, 0.25) is 11.8 Å². The van der Waals surface area contributed by atoms with Crippen molar-refractivity contribution in [3.05, 3.63) is 76.7 Å². The molecule has 1 unspecified atom stereocenters. The molecular formula is C34H37FN6O5. The number of aliphatic hydroxyl groups is 1. The van der Waals surface area contributed by atoms with E-state index < -0.39 is 24.0 Å². The van der Waals surface area contributed by atoms with E-state index in [-0.39, 0.29) is 34.8 Å². The first-order chi connectivity index (χ1) is 22.1. The Morgan fingerprint density at radius 1 is 1.11 bits per heavy atom. The standard InChI is InChI=1S/C34H37FN6O5/c1-18-21(23-9-6-10-26(30(23)35)38-31(43)24-17-40(2)34(45)41(3)33(24)44)7-5-8-22(18)27-15-19-11-13-25(29(19)32(39-27)46-4)36-16-20-12-14-28(42)37-20/h5-10,15,17,20,25,33,36,44H,11-14,16H2,1-4H3,(H,37,42)(H,38,43)/t20-,25+,33?/m0/s1. The fourth-order valence-corrected chi connectivity index (χ4v) is 6.52. The highest BCUT2D eigenvalue weighted by Gasteiger charge is 2.33. The van der Waals surface area contributed by atoms with Crippen molar-refractivity contribution in [2.45, 2.75) is 50.9 Å². The zero-order valence-electron chi connectivity index (χ0n) is 26.2. The minimum atomic E-state index is -1.47. The van der Waals surface area contributed by atoms with Crippen molar-refractivity contribution in [2.75, 3.05) is 33.1 Å². The number of hydrogen-bond acceptors (Lipinski definition) is 7. The number of fused-ring (bicyclic) bond motifs is 1. The van der Waals surface area contributed by atoms with E-state index in [4.69, 9.17) is 9.72 Å². The lowest BCUT2D eigenvalue weighted by atomic mass is 9.93. The number of likely N-dealkylation sites (N-methyl/N-ethyl adjacent to an activating group) is 1. The van der Waals surface area contributed by atoms with Gasteiger partial charge in [0, 0.05) is 62.0 Å². The van der Waals surface area contributed by atoms with Crippen molar-refractivity contribution < 1.29 is 28.6 Å². The smallest absolute Gasteiger partial charge is 0.325 e. The van der Waals surface area contributed by atoms with Gasteiger partial charge in [0.25, 0.3) is 5.91 Å². The molecule has 1 aliphatic carbocycles. The second kappa shape index (κ2) is 12.5. The molecule has 3 aromatic rings. The lowest BCUT2D eigenvalue weighted by Crippen LogP contribution is -2.49. The summed E-state index contributed by atoms with van der Waals surface area (Å²) in [6, 6.07) is 12.1. The largest absolute Gasteiger partial charge is 0.481 e. The van der Waals surface area contributed by atoms with E-state index in [1.54, 1.807) is 19.2 Å². The Hall–Kier alpha value is -4.81. The minimum absolute atomic E-state index is 0.0596. The monoisotopic (exact) mass is 628 g/mol. The zero-order chi connectivity index (χ0) is 32.7. The molecule has 0 saturated carbocycles. The van der Waals surface area contributed by atoms with Gasteiger partial charge in [-0.25, -0.2) is 14.2 Å². The van der Waals surface area contributed by atoms with E-state index >= 15 is 4.39 Å². The van der Waals surface area contributed by atoms with Gasteiger partial charge in [0.05, 0.1) is 24.1 Å². The van der Waals surface area contributed by atoms with Crippen LogP contribution >= 0.6 is 0 Å². The third-order valence-corrected chi connectivity index (χ3v) is 9.04. The number of aliphatic hydroxyl groups excluding tert-OH is 1. The molecule has 0 spiro atoms. The number of aromatic nitrogens is 1. The lowest BCUT2D eigenvalue weighted by molar-refractivity contribution is -0.119. The number of ether oxygens (including phenoxy) is 1. The van der Waals surface area contributed by atoms with Crippen LogP contribution in [0.3, 0.4) is 0 Å². The van der Waals surface area contributed by atoms with Crippen molar-refractivity contribution in [2.24, 2.45) is 0 Å². The number of carbonyl (C=O) groups is 3.